The van der Waals surface area contributed by atoms with Crippen LogP contribution < -0.4 is 22.3 Å². The van der Waals surface area contributed by atoms with Gasteiger partial charge in [-0.05, 0) is 0 Å². The van der Waals surface area contributed by atoms with Crippen LogP contribution in [0.4, 0.5) is 17.3 Å². The molecule has 8 heteroatoms. The Balaban J connectivity index is 2.14. The molecule has 16 heavy (non-hydrogen) atoms. The predicted molar refractivity (Wildman–Crippen MR) is 59.6 cm³/mol. The molecule has 0 aliphatic carbocycles. The van der Waals surface area contributed by atoms with Crippen LogP contribution in [-0.4, -0.2) is 20.2 Å². The van der Waals surface area contributed by atoms with Crippen LogP contribution in [0.1, 0.15) is 5.56 Å². The van der Waals surface area contributed by atoms with Gasteiger partial charge in [-0.3, -0.25) is 9.89 Å². The van der Waals surface area contributed by atoms with Crippen molar-refractivity contribution in [2.24, 2.45) is 0 Å². The van der Waals surface area contributed by atoms with Crippen LogP contribution in [-0.2, 0) is 6.54 Å². The van der Waals surface area contributed by atoms with Crippen molar-refractivity contribution in [2.45, 2.75) is 6.54 Å². The Morgan fingerprint density at radius 3 is 2.94 bits per heavy atom. The van der Waals surface area contributed by atoms with Crippen LogP contribution >= 0.6 is 0 Å². The van der Waals surface area contributed by atoms with E-state index in [4.69, 9.17) is 11.5 Å². The summed E-state index contributed by atoms with van der Waals surface area (Å²) < 4.78 is 0. The molecule has 0 aromatic carbocycles. The van der Waals surface area contributed by atoms with Crippen LogP contribution in [0.15, 0.2) is 17.3 Å². The van der Waals surface area contributed by atoms with Gasteiger partial charge in [0.1, 0.15) is 11.5 Å². The number of rotatable bonds is 3. The van der Waals surface area contributed by atoms with Crippen LogP contribution in [0.3, 0.4) is 0 Å². The molecule has 0 fully saturated rings. The van der Waals surface area contributed by atoms with Gasteiger partial charge in [0.2, 0.25) is 0 Å². The van der Waals surface area contributed by atoms with Crippen molar-refractivity contribution in [3.8, 4) is 0 Å². The lowest BCUT2D eigenvalue weighted by molar-refractivity contribution is 1.07. The molecule has 0 saturated carbocycles. The minimum Gasteiger partial charge on any atom is -0.391 e. The summed E-state index contributed by atoms with van der Waals surface area (Å²) in [7, 11) is 0. The maximum absolute atomic E-state index is 11.2. The fraction of sp³-hybridized carbons (Fsp3) is 0.125. The molecule has 0 spiro atoms. The molecule has 0 aliphatic rings. The number of nitrogens with two attached hydrogens (primary N) is 2. The largest absolute Gasteiger partial charge is 0.391 e. The van der Waals surface area contributed by atoms with Gasteiger partial charge in [0.15, 0.2) is 5.82 Å². The van der Waals surface area contributed by atoms with Gasteiger partial charge >= 0.3 is 0 Å². The lowest BCUT2D eigenvalue weighted by Crippen LogP contribution is -2.16. The number of hydrogen-bond acceptors (Lipinski definition) is 6. The number of aromatic nitrogens is 4. The third kappa shape index (κ3) is 1.80. The molecule has 84 valence electrons. The number of hydrogen-bond donors (Lipinski definition) is 5. The highest BCUT2D eigenvalue weighted by Crippen LogP contribution is 2.12. The lowest BCUT2D eigenvalue weighted by atomic mass is 10.3. The Hall–Kier alpha value is -2.51. The van der Waals surface area contributed by atoms with Gasteiger partial charge in [0.05, 0.1) is 12.5 Å². The third-order valence-electron chi connectivity index (χ3n) is 2.09. The molecule has 2 heterocycles. The highest BCUT2D eigenvalue weighted by Gasteiger charge is 2.05. The van der Waals surface area contributed by atoms with Gasteiger partial charge in [-0.2, -0.15) is 5.10 Å². The standard InChI is InChI=1S/C8H11N7O/c9-5-7(12-3-13-8(5)16)11-1-4-2-14-15-6(4)10/h2-3H,1,9H2,(H3,10,14,15)(H2,11,12,13,16). The quantitative estimate of drug-likeness (QED) is 0.463. The first-order chi connectivity index (χ1) is 7.68. The summed E-state index contributed by atoms with van der Waals surface area (Å²) in [5.41, 5.74) is 11.6. The van der Waals surface area contributed by atoms with E-state index in [2.05, 4.69) is 25.5 Å². The van der Waals surface area contributed by atoms with E-state index in [1.54, 1.807) is 6.20 Å². The molecule has 7 N–H and O–H groups in total. The van der Waals surface area contributed by atoms with Crippen molar-refractivity contribution >= 4 is 17.3 Å². The maximum Gasteiger partial charge on any atom is 0.276 e. The molecule has 0 saturated heterocycles. The van der Waals surface area contributed by atoms with E-state index in [0.717, 1.165) is 5.56 Å². The van der Waals surface area contributed by atoms with Crippen molar-refractivity contribution < 1.29 is 0 Å². The second-order valence-electron chi connectivity index (χ2n) is 3.16. The number of aromatic amines is 2. The zero-order valence-electron chi connectivity index (χ0n) is 8.32. The molecule has 8 nitrogen and oxygen atoms in total. The Labute approximate surface area is 90.1 Å². The fourth-order valence-electron chi connectivity index (χ4n) is 1.19. The van der Waals surface area contributed by atoms with E-state index in [0.29, 0.717) is 18.2 Å². The average Bonchev–Trinajstić information content (AvgIpc) is 2.67. The van der Waals surface area contributed by atoms with Gasteiger partial charge in [0.25, 0.3) is 5.56 Å². The smallest absolute Gasteiger partial charge is 0.276 e. The summed E-state index contributed by atoms with van der Waals surface area (Å²) in [6, 6.07) is 0. The molecule has 0 unspecified atom stereocenters. The van der Waals surface area contributed by atoms with E-state index in [9.17, 15) is 4.79 Å². The van der Waals surface area contributed by atoms with Crippen LogP contribution in [0, 0.1) is 0 Å². The lowest BCUT2D eigenvalue weighted by Gasteiger charge is -2.05. The molecule has 2 rings (SSSR count). The topological polar surface area (TPSA) is 138 Å². The first kappa shape index (κ1) is 10.0. The molecular weight excluding hydrogens is 210 g/mol. The maximum atomic E-state index is 11.2. The number of anilines is 3. The summed E-state index contributed by atoms with van der Waals surface area (Å²) in [5.74, 6) is 0.792. The zero-order chi connectivity index (χ0) is 11.5. The Bertz CT molecular complexity index is 543. The van der Waals surface area contributed by atoms with Crippen LogP contribution in [0.25, 0.3) is 0 Å². The first-order valence-corrected chi connectivity index (χ1v) is 4.53. The van der Waals surface area contributed by atoms with Gasteiger partial charge in [-0.15, -0.1) is 0 Å². The van der Waals surface area contributed by atoms with Crippen molar-refractivity contribution in [2.75, 3.05) is 16.8 Å². The molecule has 0 atom stereocenters. The number of nitrogens with one attached hydrogen (secondary N) is 3. The summed E-state index contributed by atoms with van der Waals surface area (Å²) >= 11 is 0. The summed E-state index contributed by atoms with van der Waals surface area (Å²) in [6.45, 7) is 0.392. The van der Waals surface area contributed by atoms with Crippen LogP contribution in [0.2, 0.25) is 0 Å². The summed E-state index contributed by atoms with van der Waals surface area (Å²) in [4.78, 5) is 17.4. The van der Waals surface area contributed by atoms with Crippen molar-refractivity contribution in [1.29, 1.82) is 0 Å². The fourth-order valence-corrected chi connectivity index (χ4v) is 1.19. The molecule has 2 aromatic heterocycles. The zero-order valence-corrected chi connectivity index (χ0v) is 8.32. The van der Waals surface area contributed by atoms with E-state index in [-0.39, 0.29) is 11.2 Å². The minimum atomic E-state index is -0.377. The van der Waals surface area contributed by atoms with Crippen LogP contribution in [0.5, 0.6) is 0 Å². The Kier molecular flexibility index (Phi) is 2.46. The van der Waals surface area contributed by atoms with Crippen molar-refractivity contribution in [1.82, 2.24) is 20.2 Å². The summed E-state index contributed by atoms with van der Waals surface area (Å²) in [6.07, 6.45) is 2.87. The van der Waals surface area contributed by atoms with E-state index < -0.39 is 0 Å². The molecule has 0 aliphatic heterocycles. The van der Waals surface area contributed by atoms with Crippen molar-refractivity contribution in [3.63, 3.8) is 0 Å². The van der Waals surface area contributed by atoms with E-state index in [1.165, 1.54) is 6.33 Å². The molecule has 0 amide bonds. The second kappa shape index (κ2) is 3.93. The van der Waals surface area contributed by atoms with Gasteiger partial charge in [-0.1, -0.05) is 0 Å². The van der Waals surface area contributed by atoms with E-state index >= 15 is 0 Å². The highest BCUT2D eigenvalue weighted by molar-refractivity contribution is 5.59. The number of nitrogens with zero attached hydrogens (tertiary/aromatic N) is 2. The highest BCUT2D eigenvalue weighted by atomic mass is 16.1. The molecule has 0 bridgehead atoms. The van der Waals surface area contributed by atoms with Gasteiger partial charge in [-0.25, -0.2) is 4.98 Å². The Morgan fingerprint density at radius 1 is 1.44 bits per heavy atom. The second-order valence-corrected chi connectivity index (χ2v) is 3.16. The Morgan fingerprint density at radius 2 is 2.25 bits per heavy atom. The molecule has 2 aromatic rings. The monoisotopic (exact) mass is 221 g/mol. The van der Waals surface area contributed by atoms with E-state index in [1.807, 2.05) is 0 Å². The van der Waals surface area contributed by atoms with Gasteiger partial charge < -0.3 is 21.8 Å². The SMILES string of the molecule is Nc1[nH]ncc1CNc1nc[nH]c(=O)c1N. The number of H-pyrrole nitrogens is 2. The third-order valence-corrected chi connectivity index (χ3v) is 2.09. The first-order valence-electron chi connectivity index (χ1n) is 4.53. The summed E-state index contributed by atoms with van der Waals surface area (Å²) in [5, 5.41) is 9.26. The average molecular weight is 221 g/mol. The minimum absolute atomic E-state index is 0.0459. The van der Waals surface area contributed by atoms with Crippen molar-refractivity contribution in [3.05, 3.63) is 28.4 Å². The molecular formula is C8H11N7O. The molecule has 0 radical (unpaired) electrons. The van der Waals surface area contributed by atoms with Gasteiger partial charge in [0, 0.05) is 12.1 Å². The predicted octanol–water partition coefficient (Wildman–Crippen LogP) is -0.731. The normalized spacial score (nSPS) is 10.2. The number of nitrogen functional groups attached to an aromatic ring is 2.